The van der Waals surface area contributed by atoms with Gasteiger partial charge >= 0.3 is 5.97 Å². The molecule has 5 heteroatoms. The van der Waals surface area contributed by atoms with Gasteiger partial charge in [-0.1, -0.05) is 60.1 Å². The van der Waals surface area contributed by atoms with E-state index in [-0.39, 0.29) is 10.6 Å². The quantitative estimate of drug-likeness (QED) is 0.600. The molecule has 0 aliphatic rings. The van der Waals surface area contributed by atoms with E-state index < -0.39 is 5.97 Å². The number of anilines is 1. The van der Waals surface area contributed by atoms with Gasteiger partial charge in [0, 0.05) is 17.8 Å². The van der Waals surface area contributed by atoms with Crippen LogP contribution < -0.4 is 10.1 Å². The Morgan fingerprint density at radius 2 is 1.73 bits per heavy atom. The maximum absolute atomic E-state index is 11.2. The number of hydrogen-bond donors (Lipinski definition) is 2. The molecule has 132 valence electrons. The number of nitrogens with one attached hydrogen (secondary N) is 1. The third kappa shape index (κ3) is 4.55. The van der Waals surface area contributed by atoms with E-state index in [0.717, 1.165) is 16.9 Å². The molecular weight excluding hydrogens is 350 g/mol. The van der Waals surface area contributed by atoms with Crippen LogP contribution in [0, 0.1) is 0 Å². The molecule has 3 aromatic carbocycles. The summed E-state index contributed by atoms with van der Waals surface area (Å²) in [5.41, 5.74) is 2.84. The molecular formula is C21H18ClNO3. The van der Waals surface area contributed by atoms with E-state index in [0.29, 0.717) is 18.8 Å². The minimum Gasteiger partial charge on any atom is -0.489 e. The van der Waals surface area contributed by atoms with E-state index in [4.69, 9.17) is 21.4 Å². The average molecular weight is 368 g/mol. The first-order chi connectivity index (χ1) is 12.6. The summed E-state index contributed by atoms with van der Waals surface area (Å²) in [6.45, 7) is 0.994. The van der Waals surface area contributed by atoms with Crippen LogP contribution in [0.5, 0.6) is 5.75 Å². The highest BCUT2D eigenvalue weighted by Crippen LogP contribution is 2.23. The molecule has 0 spiro atoms. The molecule has 0 aromatic heterocycles. The lowest BCUT2D eigenvalue weighted by Gasteiger charge is -2.13. The number of hydrogen-bond acceptors (Lipinski definition) is 3. The molecule has 0 aliphatic carbocycles. The number of rotatable bonds is 7. The van der Waals surface area contributed by atoms with Gasteiger partial charge in [-0.3, -0.25) is 0 Å². The summed E-state index contributed by atoms with van der Waals surface area (Å²) in [4.78, 5) is 11.2. The number of carboxylic acid groups (broad SMARTS) is 1. The maximum Gasteiger partial charge on any atom is 0.337 e. The van der Waals surface area contributed by atoms with E-state index in [1.165, 1.54) is 6.07 Å². The fourth-order valence-corrected chi connectivity index (χ4v) is 2.72. The van der Waals surface area contributed by atoms with Gasteiger partial charge in [-0.05, 0) is 29.8 Å². The number of carbonyl (C=O) groups is 1. The molecule has 0 radical (unpaired) electrons. The highest BCUT2D eigenvalue weighted by Gasteiger charge is 2.10. The first-order valence-corrected chi connectivity index (χ1v) is 8.52. The van der Waals surface area contributed by atoms with Crippen LogP contribution in [-0.2, 0) is 13.2 Å². The first-order valence-electron chi connectivity index (χ1n) is 8.15. The van der Waals surface area contributed by atoms with Gasteiger partial charge in [-0.15, -0.1) is 0 Å². The lowest BCUT2D eigenvalue weighted by Crippen LogP contribution is -2.05. The zero-order chi connectivity index (χ0) is 18.4. The van der Waals surface area contributed by atoms with Gasteiger partial charge in [-0.25, -0.2) is 4.79 Å². The second kappa shape index (κ2) is 8.41. The van der Waals surface area contributed by atoms with Crippen molar-refractivity contribution >= 4 is 23.3 Å². The number of benzene rings is 3. The fourth-order valence-electron chi connectivity index (χ4n) is 2.52. The molecule has 0 fully saturated rings. The van der Waals surface area contributed by atoms with Crippen LogP contribution in [0.2, 0.25) is 5.02 Å². The molecule has 0 unspecified atom stereocenters. The molecule has 26 heavy (non-hydrogen) atoms. The highest BCUT2D eigenvalue weighted by molar-refractivity contribution is 6.33. The van der Waals surface area contributed by atoms with E-state index >= 15 is 0 Å². The van der Waals surface area contributed by atoms with Crippen molar-refractivity contribution in [3.63, 3.8) is 0 Å². The Morgan fingerprint density at radius 3 is 2.50 bits per heavy atom. The van der Waals surface area contributed by atoms with Crippen molar-refractivity contribution < 1.29 is 14.6 Å². The predicted octanol–water partition coefficient (Wildman–Crippen LogP) is 5.23. The molecule has 0 bridgehead atoms. The monoisotopic (exact) mass is 367 g/mol. The summed E-state index contributed by atoms with van der Waals surface area (Å²) in [5, 5.41) is 12.6. The Kier molecular flexibility index (Phi) is 5.77. The third-order valence-electron chi connectivity index (χ3n) is 3.89. The molecule has 2 N–H and O–H groups in total. The van der Waals surface area contributed by atoms with Crippen LogP contribution in [-0.4, -0.2) is 11.1 Å². The van der Waals surface area contributed by atoms with E-state index in [1.807, 2.05) is 54.6 Å². The van der Waals surface area contributed by atoms with Crippen molar-refractivity contribution in [1.82, 2.24) is 0 Å². The van der Waals surface area contributed by atoms with E-state index in [1.54, 1.807) is 12.1 Å². The molecule has 4 nitrogen and oxygen atoms in total. The zero-order valence-corrected chi connectivity index (χ0v) is 14.7. The zero-order valence-electron chi connectivity index (χ0n) is 14.0. The van der Waals surface area contributed by atoms with Gasteiger partial charge in [0.2, 0.25) is 0 Å². The average Bonchev–Trinajstić information content (AvgIpc) is 2.67. The van der Waals surface area contributed by atoms with Crippen molar-refractivity contribution in [1.29, 1.82) is 0 Å². The summed E-state index contributed by atoms with van der Waals surface area (Å²) in [7, 11) is 0. The molecule has 0 atom stereocenters. The van der Waals surface area contributed by atoms with Crippen molar-refractivity contribution in [3.05, 3.63) is 94.5 Å². The molecule has 3 aromatic rings. The van der Waals surface area contributed by atoms with E-state index in [2.05, 4.69) is 5.32 Å². The van der Waals surface area contributed by atoms with Crippen molar-refractivity contribution in [2.75, 3.05) is 5.32 Å². The normalized spacial score (nSPS) is 10.3. The van der Waals surface area contributed by atoms with Crippen molar-refractivity contribution in [2.45, 2.75) is 13.2 Å². The number of carboxylic acids is 1. The summed E-state index contributed by atoms with van der Waals surface area (Å²) >= 11 is 5.90. The Hall–Kier alpha value is -2.98. The molecule has 0 saturated heterocycles. The predicted molar refractivity (Wildman–Crippen MR) is 103 cm³/mol. The lowest BCUT2D eigenvalue weighted by atomic mass is 10.1. The third-order valence-corrected chi connectivity index (χ3v) is 4.22. The summed E-state index contributed by atoms with van der Waals surface area (Å²) in [6.07, 6.45) is 0. The van der Waals surface area contributed by atoms with Gasteiger partial charge in [0.25, 0.3) is 0 Å². The summed E-state index contributed by atoms with van der Waals surface area (Å²) in [5.74, 6) is -0.262. The number of aromatic carboxylic acids is 1. The minimum absolute atomic E-state index is 0.0743. The Labute approximate surface area is 157 Å². The van der Waals surface area contributed by atoms with E-state index in [9.17, 15) is 4.79 Å². The van der Waals surface area contributed by atoms with Crippen LogP contribution in [0.1, 0.15) is 21.5 Å². The van der Waals surface area contributed by atoms with Crippen molar-refractivity contribution in [3.8, 4) is 5.75 Å². The van der Waals surface area contributed by atoms with Gasteiger partial charge in [0.15, 0.2) is 0 Å². The smallest absolute Gasteiger partial charge is 0.337 e. The number of para-hydroxylation sites is 1. The Balaban J connectivity index is 1.69. The molecule has 0 aliphatic heterocycles. The van der Waals surface area contributed by atoms with Gasteiger partial charge < -0.3 is 15.2 Å². The summed E-state index contributed by atoms with van der Waals surface area (Å²) in [6, 6.07) is 22.6. The van der Waals surface area contributed by atoms with Gasteiger partial charge in [0.05, 0.1) is 10.6 Å². The van der Waals surface area contributed by atoms with Crippen LogP contribution >= 0.6 is 11.6 Å². The Morgan fingerprint density at radius 1 is 1.00 bits per heavy atom. The fraction of sp³-hybridized carbons (Fsp3) is 0.0952. The molecule has 0 amide bonds. The molecule has 0 saturated carbocycles. The standard InChI is InChI=1S/C21H18ClNO3/c22-19-11-10-17(12-18(19)21(24)25)23-13-16-8-4-5-9-20(16)26-14-15-6-2-1-3-7-15/h1-12,23H,13-14H2,(H,24,25). The Bertz CT molecular complexity index is 897. The first kappa shape index (κ1) is 17.8. The SMILES string of the molecule is O=C(O)c1cc(NCc2ccccc2OCc2ccccc2)ccc1Cl. The van der Waals surface area contributed by atoms with Crippen LogP contribution in [0.3, 0.4) is 0 Å². The largest absolute Gasteiger partial charge is 0.489 e. The maximum atomic E-state index is 11.2. The second-order valence-electron chi connectivity index (χ2n) is 5.74. The molecule has 0 heterocycles. The topological polar surface area (TPSA) is 58.6 Å². The number of halogens is 1. The number of ether oxygens (including phenoxy) is 1. The molecule has 3 rings (SSSR count). The van der Waals surface area contributed by atoms with Gasteiger partial charge in [0.1, 0.15) is 12.4 Å². The van der Waals surface area contributed by atoms with Crippen LogP contribution in [0.4, 0.5) is 5.69 Å². The van der Waals surface area contributed by atoms with Crippen molar-refractivity contribution in [2.24, 2.45) is 0 Å². The summed E-state index contributed by atoms with van der Waals surface area (Å²) < 4.78 is 5.94. The highest BCUT2D eigenvalue weighted by atomic mass is 35.5. The minimum atomic E-state index is -1.05. The van der Waals surface area contributed by atoms with Crippen LogP contribution in [0.15, 0.2) is 72.8 Å². The van der Waals surface area contributed by atoms with Crippen LogP contribution in [0.25, 0.3) is 0 Å². The van der Waals surface area contributed by atoms with Gasteiger partial charge in [-0.2, -0.15) is 0 Å². The second-order valence-corrected chi connectivity index (χ2v) is 6.14. The lowest BCUT2D eigenvalue weighted by molar-refractivity contribution is 0.0697.